The van der Waals surface area contributed by atoms with Crippen LogP contribution in [0.3, 0.4) is 0 Å². The Morgan fingerprint density at radius 1 is 1.17 bits per heavy atom. The predicted octanol–water partition coefficient (Wildman–Crippen LogP) is 3.48. The van der Waals surface area contributed by atoms with Gasteiger partial charge in [-0.2, -0.15) is 13.2 Å². The van der Waals surface area contributed by atoms with Crippen LogP contribution in [-0.4, -0.2) is 36.6 Å². The summed E-state index contributed by atoms with van der Waals surface area (Å²) in [5, 5.41) is 9.39. The molecule has 9 heteroatoms. The van der Waals surface area contributed by atoms with Crippen LogP contribution >= 0.6 is 24.0 Å². The lowest BCUT2D eigenvalue weighted by Gasteiger charge is -2.23. The molecule has 24 heavy (non-hydrogen) atoms. The van der Waals surface area contributed by atoms with Crippen LogP contribution < -0.4 is 16.0 Å². The number of anilines is 1. The molecule has 0 bridgehead atoms. The van der Waals surface area contributed by atoms with E-state index in [0.29, 0.717) is 24.9 Å². The van der Waals surface area contributed by atoms with Crippen LogP contribution in [-0.2, 0) is 6.18 Å². The van der Waals surface area contributed by atoms with Crippen molar-refractivity contribution in [3.05, 3.63) is 23.9 Å². The Morgan fingerprint density at radius 2 is 1.83 bits per heavy atom. The Kier molecular flexibility index (Phi) is 9.38. The van der Waals surface area contributed by atoms with E-state index in [1.54, 1.807) is 7.05 Å². The zero-order chi connectivity index (χ0) is 17.5. The number of alkyl halides is 3. The highest BCUT2D eigenvalue weighted by Crippen LogP contribution is 2.28. The van der Waals surface area contributed by atoms with Crippen molar-refractivity contribution in [2.75, 3.05) is 25.5 Å². The van der Waals surface area contributed by atoms with E-state index in [9.17, 15) is 13.2 Å². The molecule has 0 unspecified atom stereocenters. The average molecular weight is 459 g/mol. The third kappa shape index (κ3) is 9.14. The quantitative estimate of drug-likeness (QED) is 0.273. The average Bonchev–Trinajstić information content (AvgIpc) is 2.44. The molecule has 0 fully saturated rings. The van der Waals surface area contributed by atoms with Gasteiger partial charge in [0, 0.05) is 31.9 Å². The van der Waals surface area contributed by atoms with E-state index in [1.165, 1.54) is 6.07 Å². The maximum Gasteiger partial charge on any atom is 0.417 e. The maximum atomic E-state index is 12.4. The van der Waals surface area contributed by atoms with E-state index in [1.807, 2.05) is 20.8 Å². The standard InChI is InChI=1S/C15H24F3N5.HI/c1-14(2,3)23-13(19-4)21-9-5-8-20-12-7-6-11(10-22-12)15(16,17)18;/h6-7,10H,5,8-9H2,1-4H3,(H,20,22)(H2,19,21,23);1H. The maximum absolute atomic E-state index is 12.4. The lowest BCUT2D eigenvalue weighted by molar-refractivity contribution is -0.137. The van der Waals surface area contributed by atoms with Gasteiger partial charge in [-0.25, -0.2) is 4.98 Å². The number of guanidine groups is 1. The van der Waals surface area contributed by atoms with Gasteiger partial charge in [-0.05, 0) is 39.3 Å². The predicted molar refractivity (Wildman–Crippen MR) is 102 cm³/mol. The molecule has 0 aliphatic rings. The van der Waals surface area contributed by atoms with Crippen LogP contribution in [0.1, 0.15) is 32.8 Å². The molecule has 0 aliphatic heterocycles. The van der Waals surface area contributed by atoms with Gasteiger partial charge in [-0.15, -0.1) is 24.0 Å². The molecule has 0 saturated carbocycles. The Bertz CT molecular complexity index is 509. The molecule has 1 aromatic heterocycles. The number of halogens is 4. The molecule has 1 heterocycles. The van der Waals surface area contributed by atoms with Crippen molar-refractivity contribution in [3.63, 3.8) is 0 Å². The van der Waals surface area contributed by atoms with Gasteiger partial charge in [0.2, 0.25) is 0 Å². The van der Waals surface area contributed by atoms with E-state index >= 15 is 0 Å². The van der Waals surface area contributed by atoms with Crippen LogP contribution in [0.2, 0.25) is 0 Å². The van der Waals surface area contributed by atoms with Crippen LogP contribution in [0, 0.1) is 0 Å². The van der Waals surface area contributed by atoms with Gasteiger partial charge in [0.15, 0.2) is 5.96 Å². The van der Waals surface area contributed by atoms with Gasteiger partial charge in [-0.1, -0.05) is 0 Å². The fourth-order valence-corrected chi connectivity index (χ4v) is 1.71. The second-order valence-electron chi connectivity index (χ2n) is 6.08. The third-order valence-corrected chi connectivity index (χ3v) is 2.76. The van der Waals surface area contributed by atoms with E-state index in [4.69, 9.17) is 0 Å². The van der Waals surface area contributed by atoms with E-state index < -0.39 is 11.7 Å². The Hall–Kier alpha value is -1.26. The second-order valence-corrected chi connectivity index (χ2v) is 6.08. The summed E-state index contributed by atoms with van der Waals surface area (Å²) in [5.41, 5.74) is -0.827. The van der Waals surface area contributed by atoms with Gasteiger partial charge in [0.25, 0.3) is 0 Å². The zero-order valence-corrected chi connectivity index (χ0v) is 16.6. The highest BCUT2D eigenvalue weighted by Gasteiger charge is 2.30. The lowest BCUT2D eigenvalue weighted by Crippen LogP contribution is -2.47. The van der Waals surface area contributed by atoms with Crippen molar-refractivity contribution < 1.29 is 13.2 Å². The van der Waals surface area contributed by atoms with E-state index in [2.05, 4.69) is 25.9 Å². The molecule has 0 radical (unpaired) electrons. The van der Waals surface area contributed by atoms with Crippen molar-refractivity contribution in [1.29, 1.82) is 0 Å². The zero-order valence-electron chi connectivity index (χ0n) is 14.3. The van der Waals surface area contributed by atoms with Crippen molar-refractivity contribution >= 4 is 35.8 Å². The summed E-state index contributed by atoms with van der Waals surface area (Å²) >= 11 is 0. The number of nitrogens with zero attached hydrogens (tertiary/aromatic N) is 2. The first-order valence-corrected chi connectivity index (χ1v) is 7.38. The topological polar surface area (TPSA) is 61.3 Å². The summed E-state index contributed by atoms with van der Waals surface area (Å²) in [7, 11) is 1.70. The molecule has 1 rings (SSSR count). The SMILES string of the molecule is CN=C(NCCCNc1ccc(C(F)(F)F)cn1)NC(C)(C)C.I. The largest absolute Gasteiger partial charge is 0.417 e. The first kappa shape index (κ1) is 22.7. The number of hydrogen-bond acceptors (Lipinski definition) is 3. The number of nitrogens with one attached hydrogen (secondary N) is 3. The molecule has 0 aliphatic carbocycles. The second kappa shape index (κ2) is 9.90. The van der Waals surface area contributed by atoms with Crippen molar-refractivity contribution in [2.45, 2.75) is 38.9 Å². The Balaban J connectivity index is 0.00000529. The molecule has 0 saturated heterocycles. The highest BCUT2D eigenvalue weighted by atomic mass is 127. The first-order valence-electron chi connectivity index (χ1n) is 7.38. The molecule has 0 atom stereocenters. The normalized spacial score (nSPS) is 12.4. The number of pyridine rings is 1. The fourth-order valence-electron chi connectivity index (χ4n) is 1.71. The summed E-state index contributed by atoms with van der Waals surface area (Å²) in [6, 6.07) is 2.35. The fraction of sp³-hybridized carbons (Fsp3) is 0.600. The van der Waals surface area contributed by atoms with Crippen LogP contribution in [0.5, 0.6) is 0 Å². The number of aliphatic imine (C=N–C) groups is 1. The molecule has 1 aromatic rings. The van der Waals surface area contributed by atoms with Crippen LogP contribution in [0.4, 0.5) is 19.0 Å². The monoisotopic (exact) mass is 459 g/mol. The van der Waals surface area contributed by atoms with E-state index in [0.717, 1.165) is 18.7 Å². The van der Waals surface area contributed by atoms with Gasteiger partial charge in [0.1, 0.15) is 5.82 Å². The van der Waals surface area contributed by atoms with Gasteiger partial charge in [-0.3, -0.25) is 4.99 Å². The van der Waals surface area contributed by atoms with Gasteiger partial charge < -0.3 is 16.0 Å². The molecule has 0 aromatic carbocycles. The first-order chi connectivity index (χ1) is 10.6. The van der Waals surface area contributed by atoms with Gasteiger partial charge in [0.05, 0.1) is 5.56 Å². The van der Waals surface area contributed by atoms with Crippen molar-refractivity contribution in [1.82, 2.24) is 15.6 Å². The number of rotatable bonds is 5. The van der Waals surface area contributed by atoms with Gasteiger partial charge >= 0.3 is 6.18 Å². The van der Waals surface area contributed by atoms with Crippen LogP contribution in [0.15, 0.2) is 23.3 Å². The highest BCUT2D eigenvalue weighted by molar-refractivity contribution is 14.0. The van der Waals surface area contributed by atoms with E-state index in [-0.39, 0.29) is 29.5 Å². The van der Waals surface area contributed by atoms with Crippen molar-refractivity contribution in [3.8, 4) is 0 Å². The molecule has 5 nitrogen and oxygen atoms in total. The summed E-state index contributed by atoms with van der Waals surface area (Å²) < 4.78 is 37.2. The summed E-state index contributed by atoms with van der Waals surface area (Å²) in [6.07, 6.45) is -2.76. The molecular weight excluding hydrogens is 434 g/mol. The smallest absolute Gasteiger partial charge is 0.370 e. The molecule has 0 spiro atoms. The third-order valence-electron chi connectivity index (χ3n) is 2.76. The minimum atomic E-state index is -4.36. The Morgan fingerprint density at radius 3 is 2.29 bits per heavy atom. The number of hydrogen-bond donors (Lipinski definition) is 3. The minimum Gasteiger partial charge on any atom is -0.370 e. The summed E-state index contributed by atoms with van der Waals surface area (Å²) in [4.78, 5) is 7.87. The number of aromatic nitrogens is 1. The Labute approximate surface area is 157 Å². The molecule has 3 N–H and O–H groups in total. The van der Waals surface area contributed by atoms with Crippen molar-refractivity contribution in [2.24, 2.45) is 4.99 Å². The minimum absolute atomic E-state index is 0. The van der Waals surface area contributed by atoms with Crippen LogP contribution in [0.25, 0.3) is 0 Å². The lowest BCUT2D eigenvalue weighted by atomic mass is 10.1. The molecule has 138 valence electrons. The molecular formula is C15H25F3IN5. The summed E-state index contributed by atoms with van der Waals surface area (Å²) in [5.74, 6) is 1.14. The molecule has 0 amide bonds. The summed E-state index contributed by atoms with van der Waals surface area (Å²) in [6.45, 7) is 7.40.